The third kappa shape index (κ3) is 2.64. The predicted octanol–water partition coefficient (Wildman–Crippen LogP) is 3.61. The summed E-state index contributed by atoms with van der Waals surface area (Å²) in [5.74, 6) is -1.44. The number of rotatable bonds is 3. The molecule has 0 unspecified atom stereocenters. The van der Waals surface area contributed by atoms with Crippen LogP contribution in [0.5, 0.6) is 0 Å². The summed E-state index contributed by atoms with van der Waals surface area (Å²) >= 11 is 0. The Morgan fingerprint density at radius 1 is 0.933 bits per heavy atom. The summed E-state index contributed by atoms with van der Waals surface area (Å²) in [4.78, 5) is 44.7. The Bertz CT molecular complexity index is 1020. The van der Waals surface area contributed by atoms with Crippen molar-refractivity contribution in [2.45, 2.75) is 43.7 Å². The van der Waals surface area contributed by atoms with Gasteiger partial charge in [-0.3, -0.25) is 24.5 Å². The zero-order valence-corrected chi connectivity index (χ0v) is 16.3. The molecule has 2 aromatic rings. The quantitative estimate of drug-likeness (QED) is 0.438. The fourth-order valence-electron chi connectivity index (χ4n) is 5.17. The number of non-ortho nitro benzene ring substituents is 1. The van der Waals surface area contributed by atoms with Gasteiger partial charge in [0.2, 0.25) is 5.91 Å². The minimum Gasteiger partial charge on any atom is -0.273 e. The highest BCUT2D eigenvalue weighted by molar-refractivity contribution is 6.24. The van der Waals surface area contributed by atoms with Crippen LogP contribution in [0.2, 0.25) is 0 Å². The second-order valence-corrected chi connectivity index (χ2v) is 8.09. The van der Waals surface area contributed by atoms with Gasteiger partial charge >= 0.3 is 0 Å². The van der Waals surface area contributed by atoms with Crippen LogP contribution in [0.1, 0.15) is 32.1 Å². The lowest BCUT2D eigenvalue weighted by molar-refractivity contribution is -0.384. The van der Waals surface area contributed by atoms with E-state index in [2.05, 4.69) is 0 Å². The van der Waals surface area contributed by atoms with E-state index in [-0.39, 0.29) is 17.3 Å². The lowest BCUT2D eigenvalue weighted by atomic mass is 9.71. The second kappa shape index (κ2) is 6.91. The molecular formula is C22H21N3O5. The van der Waals surface area contributed by atoms with Gasteiger partial charge in [0.15, 0.2) is 6.10 Å². The Labute approximate surface area is 173 Å². The average molecular weight is 407 g/mol. The van der Waals surface area contributed by atoms with Crippen molar-refractivity contribution >= 4 is 28.9 Å². The number of hydrogen-bond acceptors (Lipinski definition) is 6. The van der Waals surface area contributed by atoms with Crippen LogP contribution in [0.4, 0.5) is 17.1 Å². The van der Waals surface area contributed by atoms with E-state index in [1.165, 1.54) is 18.2 Å². The number of amides is 2. The summed E-state index contributed by atoms with van der Waals surface area (Å²) in [7, 11) is 0. The molecule has 1 saturated carbocycles. The fourth-order valence-corrected chi connectivity index (χ4v) is 5.17. The van der Waals surface area contributed by atoms with Crippen molar-refractivity contribution < 1.29 is 19.3 Å². The van der Waals surface area contributed by atoms with E-state index >= 15 is 0 Å². The molecule has 1 spiro atoms. The Balaban J connectivity index is 1.56. The number of imide groups is 1. The van der Waals surface area contributed by atoms with Gasteiger partial charge in [-0.1, -0.05) is 43.5 Å². The number of nitrogens with zero attached hydrogens (tertiary/aromatic N) is 3. The number of para-hydroxylation sites is 1. The highest BCUT2D eigenvalue weighted by atomic mass is 16.7. The molecule has 0 aromatic heterocycles. The number of fused-ring (bicyclic) bond motifs is 2. The van der Waals surface area contributed by atoms with E-state index in [4.69, 9.17) is 4.84 Å². The maximum atomic E-state index is 13.6. The molecule has 2 amide bonds. The first-order chi connectivity index (χ1) is 14.5. The van der Waals surface area contributed by atoms with Crippen molar-refractivity contribution in [1.82, 2.24) is 0 Å². The molecule has 0 bridgehead atoms. The number of anilines is 2. The standard InChI is InChI=1S/C22H21N3O5/c26-20-18-19(21(27)23(20)16-10-7-11-17(14-16)25(28)29)30-24(15-8-3-1-4-9-15)22(18)12-5-2-6-13-22/h1,3-4,7-11,14,18-19H,2,5-6,12-13H2/t18-,19+/m0/s1. The largest absolute Gasteiger partial charge is 0.273 e. The maximum absolute atomic E-state index is 13.6. The van der Waals surface area contributed by atoms with Gasteiger partial charge in [-0.05, 0) is 31.0 Å². The summed E-state index contributed by atoms with van der Waals surface area (Å²) in [6.07, 6.45) is 3.58. The average Bonchev–Trinajstić information content (AvgIpc) is 3.22. The van der Waals surface area contributed by atoms with Crippen molar-refractivity contribution in [3.63, 3.8) is 0 Å². The van der Waals surface area contributed by atoms with Gasteiger partial charge in [0.1, 0.15) is 5.92 Å². The third-order valence-electron chi connectivity index (χ3n) is 6.46. The topological polar surface area (TPSA) is 93.0 Å². The molecule has 8 heteroatoms. The van der Waals surface area contributed by atoms with Gasteiger partial charge in [0.05, 0.1) is 21.8 Å². The molecule has 154 valence electrons. The number of nitro benzene ring substituents is 1. The molecule has 2 heterocycles. The zero-order valence-electron chi connectivity index (χ0n) is 16.3. The summed E-state index contributed by atoms with van der Waals surface area (Å²) in [5, 5.41) is 12.9. The lowest BCUT2D eigenvalue weighted by Crippen LogP contribution is -2.53. The van der Waals surface area contributed by atoms with Crippen LogP contribution >= 0.6 is 0 Å². The van der Waals surface area contributed by atoms with Gasteiger partial charge in [-0.15, -0.1) is 0 Å². The second-order valence-electron chi connectivity index (χ2n) is 8.09. The number of hydrogen-bond donors (Lipinski definition) is 0. The lowest BCUT2D eigenvalue weighted by Gasteiger charge is -2.43. The summed E-state index contributed by atoms with van der Waals surface area (Å²) < 4.78 is 0. The highest BCUT2D eigenvalue weighted by Gasteiger charge is 2.66. The Morgan fingerprint density at radius 2 is 1.63 bits per heavy atom. The van der Waals surface area contributed by atoms with Crippen LogP contribution in [0, 0.1) is 16.0 Å². The number of benzene rings is 2. The van der Waals surface area contributed by atoms with Crippen molar-refractivity contribution in [2.24, 2.45) is 5.92 Å². The number of carbonyl (C=O) groups excluding carboxylic acids is 2. The van der Waals surface area contributed by atoms with Gasteiger partial charge in [0, 0.05) is 12.1 Å². The van der Waals surface area contributed by atoms with Crippen LogP contribution in [0.15, 0.2) is 54.6 Å². The Kier molecular flexibility index (Phi) is 4.32. The van der Waals surface area contributed by atoms with E-state index in [1.54, 1.807) is 11.1 Å². The molecule has 8 nitrogen and oxygen atoms in total. The van der Waals surface area contributed by atoms with Crippen LogP contribution in [0.25, 0.3) is 0 Å². The van der Waals surface area contributed by atoms with Crippen LogP contribution in [0.3, 0.4) is 0 Å². The number of nitro groups is 1. The molecule has 0 radical (unpaired) electrons. The molecule has 2 atom stereocenters. The van der Waals surface area contributed by atoms with Gasteiger partial charge in [-0.25, -0.2) is 9.96 Å². The van der Waals surface area contributed by atoms with Crippen molar-refractivity contribution in [3.05, 3.63) is 64.7 Å². The summed E-state index contributed by atoms with van der Waals surface area (Å²) in [6.45, 7) is 0. The Hall–Kier alpha value is -3.26. The molecule has 30 heavy (non-hydrogen) atoms. The summed E-state index contributed by atoms with van der Waals surface area (Å²) in [6, 6.07) is 15.2. The number of hydroxylamine groups is 1. The van der Waals surface area contributed by atoms with Crippen molar-refractivity contribution in [2.75, 3.05) is 9.96 Å². The first-order valence-corrected chi connectivity index (χ1v) is 10.2. The SMILES string of the molecule is O=C1[C@@H]2[C@@H](ON(c3ccccc3)C23CCCCC3)C(=O)N1c1cccc([N+](=O)[O-])c1. The molecule has 2 saturated heterocycles. The molecular weight excluding hydrogens is 386 g/mol. The minimum absolute atomic E-state index is 0.163. The molecule has 1 aliphatic carbocycles. The van der Waals surface area contributed by atoms with Crippen LogP contribution < -0.4 is 9.96 Å². The zero-order chi connectivity index (χ0) is 20.9. The van der Waals surface area contributed by atoms with Crippen molar-refractivity contribution in [3.8, 4) is 0 Å². The minimum atomic E-state index is -0.921. The molecule has 2 aromatic carbocycles. The van der Waals surface area contributed by atoms with Crippen LogP contribution in [-0.2, 0) is 14.4 Å². The van der Waals surface area contributed by atoms with Crippen molar-refractivity contribution in [1.29, 1.82) is 0 Å². The van der Waals surface area contributed by atoms with Gasteiger partial charge in [0.25, 0.3) is 11.6 Å². The van der Waals surface area contributed by atoms with Crippen LogP contribution in [-0.4, -0.2) is 28.4 Å². The molecule has 0 N–H and O–H groups in total. The van der Waals surface area contributed by atoms with Gasteiger partial charge < -0.3 is 0 Å². The van der Waals surface area contributed by atoms with E-state index in [9.17, 15) is 19.7 Å². The maximum Gasteiger partial charge on any atom is 0.271 e. The summed E-state index contributed by atoms with van der Waals surface area (Å²) in [5.41, 5.74) is 0.294. The van der Waals surface area contributed by atoms with E-state index in [0.717, 1.165) is 42.7 Å². The van der Waals surface area contributed by atoms with E-state index < -0.39 is 28.4 Å². The Morgan fingerprint density at radius 3 is 2.33 bits per heavy atom. The first kappa shape index (κ1) is 18.7. The predicted molar refractivity (Wildman–Crippen MR) is 109 cm³/mol. The molecule has 5 rings (SSSR count). The highest BCUT2D eigenvalue weighted by Crippen LogP contribution is 2.52. The molecule has 2 aliphatic heterocycles. The third-order valence-corrected chi connectivity index (χ3v) is 6.46. The normalized spacial score (nSPS) is 25.1. The smallest absolute Gasteiger partial charge is 0.271 e. The number of carbonyl (C=O) groups is 2. The van der Waals surface area contributed by atoms with Gasteiger partial charge in [-0.2, -0.15) is 0 Å². The van der Waals surface area contributed by atoms with E-state index in [1.807, 2.05) is 30.3 Å². The first-order valence-electron chi connectivity index (χ1n) is 10.2. The molecule has 3 fully saturated rings. The fraction of sp³-hybridized carbons (Fsp3) is 0.364. The van der Waals surface area contributed by atoms with E-state index in [0.29, 0.717) is 0 Å². The molecule has 3 aliphatic rings. The monoisotopic (exact) mass is 407 g/mol.